The first-order chi connectivity index (χ1) is 11.9. The lowest BCUT2D eigenvalue weighted by atomic mass is 9.99. The third kappa shape index (κ3) is 5.41. The van der Waals surface area contributed by atoms with Crippen LogP contribution in [0.25, 0.3) is 0 Å². The van der Waals surface area contributed by atoms with Crippen LogP contribution in [-0.2, 0) is 16.0 Å². The highest BCUT2D eigenvalue weighted by atomic mass is 19.1. The molecular weight excluding hydrogens is 321 g/mol. The van der Waals surface area contributed by atoms with Gasteiger partial charge >= 0.3 is 5.97 Å². The fraction of sp³-hybridized carbons (Fsp3) is 0.300. The Kier molecular flexibility index (Phi) is 6.28. The van der Waals surface area contributed by atoms with Crippen molar-refractivity contribution in [3.05, 3.63) is 65.5 Å². The smallest absolute Gasteiger partial charge is 0.310 e. The predicted octanol–water partition coefficient (Wildman–Crippen LogP) is 4.22. The molecule has 0 radical (unpaired) electrons. The van der Waals surface area contributed by atoms with Gasteiger partial charge in [0.1, 0.15) is 5.82 Å². The average Bonchev–Trinajstić information content (AvgIpc) is 2.59. The van der Waals surface area contributed by atoms with E-state index in [2.05, 4.69) is 5.32 Å². The molecule has 0 fully saturated rings. The summed E-state index contributed by atoms with van der Waals surface area (Å²) in [6.07, 6.45) is 1.21. The number of anilines is 1. The molecule has 2 aromatic carbocycles. The number of aryl methyl sites for hydroxylation is 1. The Bertz CT molecular complexity index is 760. The van der Waals surface area contributed by atoms with Gasteiger partial charge in [0.2, 0.25) is 5.91 Å². The molecule has 2 aromatic rings. The van der Waals surface area contributed by atoms with E-state index in [1.165, 1.54) is 12.1 Å². The van der Waals surface area contributed by atoms with Gasteiger partial charge in [0, 0.05) is 11.6 Å². The maximum absolute atomic E-state index is 13.2. The van der Waals surface area contributed by atoms with Crippen molar-refractivity contribution in [1.82, 2.24) is 0 Å². The van der Waals surface area contributed by atoms with E-state index in [0.717, 1.165) is 5.56 Å². The van der Waals surface area contributed by atoms with Crippen LogP contribution < -0.4 is 5.32 Å². The Balaban J connectivity index is 1.94. The normalized spacial score (nSPS) is 13.1. The Morgan fingerprint density at radius 2 is 1.84 bits per heavy atom. The molecule has 2 unspecified atom stereocenters. The molecule has 132 valence electrons. The van der Waals surface area contributed by atoms with Gasteiger partial charge in [-0.15, -0.1) is 0 Å². The van der Waals surface area contributed by atoms with E-state index in [4.69, 9.17) is 5.11 Å². The summed E-state index contributed by atoms with van der Waals surface area (Å²) >= 11 is 0. The zero-order valence-corrected chi connectivity index (χ0v) is 14.3. The second kappa shape index (κ2) is 8.42. The van der Waals surface area contributed by atoms with E-state index in [1.54, 1.807) is 37.3 Å². The lowest BCUT2D eigenvalue weighted by Crippen LogP contribution is -2.21. The maximum atomic E-state index is 13.2. The Hall–Kier alpha value is -2.69. The van der Waals surface area contributed by atoms with Crippen molar-refractivity contribution in [3.63, 3.8) is 0 Å². The topological polar surface area (TPSA) is 66.4 Å². The van der Waals surface area contributed by atoms with E-state index in [-0.39, 0.29) is 17.6 Å². The van der Waals surface area contributed by atoms with Crippen molar-refractivity contribution >= 4 is 17.6 Å². The molecule has 0 aromatic heterocycles. The number of benzene rings is 2. The van der Waals surface area contributed by atoms with Crippen LogP contribution in [0, 0.1) is 11.7 Å². The molecule has 2 N–H and O–H groups in total. The molecule has 0 bridgehead atoms. The molecule has 25 heavy (non-hydrogen) atoms. The van der Waals surface area contributed by atoms with Gasteiger partial charge in [-0.2, -0.15) is 0 Å². The van der Waals surface area contributed by atoms with Crippen LogP contribution in [0.1, 0.15) is 37.3 Å². The van der Waals surface area contributed by atoms with Crippen LogP contribution in [0.3, 0.4) is 0 Å². The minimum atomic E-state index is -0.910. The molecule has 0 aliphatic carbocycles. The number of carboxylic acids is 1. The molecule has 0 aliphatic heterocycles. The second-order valence-electron chi connectivity index (χ2n) is 6.24. The zero-order chi connectivity index (χ0) is 18.4. The predicted molar refractivity (Wildman–Crippen MR) is 95.0 cm³/mol. The summed E-state index contributed by atoms with van der Waals surface area (Å²) in [6.45, 7) is 3.42. The van der Waals surface area contributed by atoms with Crippen LogP contribution in [0.15, 0.2) is 48.5 Å². The molecule has 4 nitrogen and oxygen atoms in total. The van der Waals surface area contributed by atoms with Gasteiger partial charge in [-0.1, -0.05) is 31.2 Å². The van der Waals surface area contributed by atoms with Crippen LogP contribution in [0.4, 0.5) is 10.1 Å². The summed E-state index contributed by atoms with van der Waals surface area (Å²) in [5.41, 5.74) is 2.07. The van der Waals surface area contributed by atoms with Gasteiger partial charge in [0.15, 0.2) is 0 Å². The van der Waals surface area contributed by atoms with Gasteiger partial charge < -0.3 is 10.4 Å². The third-order valence-electron chi connectivity index (χ3n) is 4.23. The van der Waals surface area contributed by atoms with Gasteiger partial charge in [0.05, 0.1) is 5.92 Å². The zero-order valence-electron chi connectivity index (χ0n) is 14.3. The fourth-order valence-corrected chi connectivity index (χ4v) is 2.50. The third-order valence-corrected chi connectivity index (χ3v) is 4.23. The highest BCUT2D eigenvalue weighted by Crippen LogP contribution is 2.20. The number of nitrogens with one attached hydrogen (secondary N) is 1. The van der Waals surface area contributed by atoms with Crippen molar-refractivity contribution in [2.75, 3.05) is 5.32 Å². The van der Waals surface area contributed by atoms with E-state index < -0.39 is 11.9 Å². The molecule has 0 aliphatic rings. The second-order valence-corrected chi connectivity index (χ2v) is 6.24. The number of carbonyl (C=O) groups excluding carboxylic acids is 1. The first kappa shape index (κ1) is 18.6. The summed E-state index contributed by atoms with van der Waals surface area (Å²) in [5.74, 6) is -2.21. The number of carboxylic acid groups (broad SMARTS) is 1. The van der Waals surface area contributed by atoms with Crippen LogP contribution in [-0.4, -0.2) is 17.0 Å². The van der Waals surface area contributed by atoms with Gasteiger partial charge in [0.25, 0.3) is 0 Å². The molecule has 0 spiro atoms. The summed E-state index contributed by atoms with van der Waals surface area (Å²) in [5, 5.41) is 11.9. The molecule has 2 rings (SSSR count). The Morgan fingerprint density at radius 3 is 2.52 bits per heavy atom. The summed E-state index contributed by atoms with van der Waals surface area (Å²) in [4.78, 5) is 23.4. The number of hydrogen-bond donors (Lipinski definition) is 2. The number of carbonyl (C=O) groups is 2. The Labute approximate surface area is 146 Å². The first-order valence-electron chi connectivity index (χ1n) is 8.25. The van der Waals surface area contributed by atoms with Crippen LogP contribution in [0.5, 0.6) is 0 Å². The molecular formula is C20H22FNO3. The van der Waals surface area contributed by atoms with Crippen molar-refractivity contribution < 1.29 is 19.1 Å². The summed E-state index contributed by atoms with van der Waals surface area (Å²) in [7, 11) is 0. The molecule has 5 heteroatoms. The number of amides is 1. The molecule has 0 saturated heterocycles. The van der Waals surface area contributed by atoms with E-state index >= 15 is 0 Å². The van der Waals surface area contributed by atoms with Crippen molar-refractivity contribution in [1.29, 1.82) is 0 Å². The van der Waals surface area contributed by atoms with E-state index in [0.29, 0.717) is 24.1 Å². The first-order valence-corrected chi connectivity index (χ1v) is 8.25. The number of rotatable bonds is 7. The summed E-state index contributed by atoms with van der Waals surface area (Å²) < 4.78 is 13.2. The standard InChI is InChI=1S/C20H22FNO3/c1-13(9-10-15-5-3-7-17(21)11-15)19(23)22-18-8-4-6-16(12-18)14(2)20(24)25/h3-8,11-14H,9-10H2,1-2H3,(H,22,23)(H,24,25). The van der Waals surface area contributed by atoms with Crippen molar-refractivity contribution in [2.45, 2.75) is 32.6 Å². The fourth-order valence-electron chi connectivity index (χ4n) is 2.50. The lowest BCUT2D eigenvalue weighted by molar-refractivity contribution is -0.138. The van der Waals surface area contributed by atoms with Crippen LogP contribution >= 0.6 is 0 Å². The highest BCUT2D eigenvalue weighted by Gasteiger charge is 2.16. The van der Waals surface area contributed by atoms with E-state index in [1.807, 2.05) is 13.0 Å². The maximum Gasteiger partial charge on any atom is 0.310 e. The van der Waals surface area contributed by atoms with Gasteiger partial charge in [-0.25, -0.2) is 4.39 Å². The lowest BCUT2D eigenvalue weighted by Gasteiger charge is -2.14. The summed E-state index contributed by atoms with van der Waals surface area (Å²) in [6, 6.07) is 13.2. The van der Waals surface area contributed by atoms with E-state index in [9.17, 15) is 14.0 Å². The molecule has 0 saturated carbocycles. The minimum Gasteiger partial charge on any atom is -0.481 e. The van der Waals surface area contributed by atoms with Crippen molar-refractivity contribution in [2.24, 2.45) is 5.92 Å². The quantitative estimate of drug-likeness (QED) is 0.791. The molecule has 2 atom stereocenters. The van der Waals surface area contributed by atoms with Crippen molar-refractivity contribution in [3.8, 4) is 0 Å². The minimum absolute atomic E-state index is 0.142. The number of aliphatic carboxylic acids is 1. The Morgan fingerprint density at radius 1 is 1.12 bits per heavy atom. The monoisotopic (exact) mass is 343 g/mol. The van der Waals surface area contributed by atoms with Gasteiger partial charge in [-0.05, 0) is 55.2 Å². The number of halogens is 1. The SMILES string of the molecule is CC(CCc1cccc(F)c1)C(=O)Nc1cccc(C(C)C(=O)O)c1. The number of hydrogen-bond acceptors (Lipinski definition) is 2. The highest BCUT2D eigenvalue weighted by molar-refractivity contribution is 5.92. The largest absolute Gasteiger partial charge is 0.481 e. The molecule has 0 heterocycles. The molecule has 1 amide bonds. The average molecular weight is 343 g/mol. The van der Waals surface area contributed by atoms with Gasteiger partial charge in [-0.3, -0.25) is 9.59 Å². The van der Waals surface area contributed by atoms with Crippen LogP contribution in [0.2, 0.25) is 0 Å².